The maximum Gasteiger partial charge on any atom is 0.191 e. The molecule has 25 heavy (non-hydrogen) atoms. The summed E-state index contributed by atoms with van der Waals surface area (Å²) in [6.45, 7) is 9.11. The number of aliphatic imine (C=N–C) groups is 1. The number of benzene rings is 1. The van der Waals surface area contributed by atoms with E-state index in [1.807, 2.05) is 26.4 Å². The molecule has 136 valence electrons. The lowest BCUT2D eigenvalue weighted by Crippen LogP contribution is -2.37. The number of nitrogens with one attached hydrogen (secondary N) is 2. The van der Waals surface area contributed by atoms with E-state index in [1.54, 1.807) is 0 Å². The second kappa shape index (κ2) is 9.87. The largest absolute Gasteiger partial charge is 0.356 e. The molecule has 0 amide bonds. The summed E-state index contributed by atoms with van der Waals surface area (Å²) < 4.78 is 2.15. The number of nitrogens with zero attached hydrogens (tertiary/aromatic N) is 3. The number of hydrogen-bond acceptors (Lipinski definition) is 2. The summed E-state index contributed by atoms with van der Waals surface area (Å²) in [7, 11) is 1.82. The summed E-state index contributed by atoms with van der Waals surface area (Å²) in [6, 6.07) is 8.64. The fourth-order valence-electron chi connectivity index (χ4n) is 2.73. The molecule has 1 heterocycles. The Bertz CT molecular complexity index is 672. The summed E-state index contributed by atoms with van der Waals surface area (Å²) in [5, 5.41) is 6.77. The predicted octanol–water partition coefficient (Wildman–Crippen LogP) is 3.34. The molecule has 0 spiro atoms. The molecular formula is C20H31N5. The lowest BCUT2D eigenvalue weighted by molar-refractivity contribution is 0.549. The van der Waals surface area contributed by atoms with Gasteiger partial charge in [0.25, 0.3) is 0 Å². The Kier molecular flexibility index (Phi) is 7.51. The van der Waals surface area contributed by atoms with Gasteiger partial charge in [-0.05, 0) is 36.8 Å². The standard InChI is InChI=1S/C20H31N5/c1-16(2)7-6-10-23-20(21-4)24-14-18-8-5-9-19(13-18)15-25-12-11-22-17(25)3/h5,8-9,11-13,16H,6-7,10,14-15H2,1-4H3,(H2,21,23,24). The highest BCUT2D eigenvalue weighted by Gasteiger charge is 2.02. The minimum absolute atomic E-state index is 0.749. The lowest BCUT2D eigenvalue weighted by atomic mass is 10.1. The highest BCUT2D eigenvalue weighted by molar-refractivity contribution is 5.79. The van der Waals surface area contributed by atoms with Gasteiger partial charge < -0.3 is 15.2 Å². The Morgan fingerprint density at radius 1 is 1.24 bits per heavy atom. The predicted molar refractivity (Wildman–Crippen MR) is 105 cm³/mol. The molecule has 0 unspecified atom stereocenters. The van der Waals surface area contributed by atoms with Crippen LogP contribution in [0, 0.1) is 12.8 Å². The van der Waals surface area contributed by atoms with Crippen molar-refractivity contribution in [1.82, 2.24) is 20.2 Å². The van der Waals surface area contributed by atoms with Gasteiger partial charge in [0.05, 0.1) is 0 Å². The maximum atomic E-state index is 4.30. The van der Waals surface area contributed by atoms with E-state index in [9.17, 15) is 0 Å². The fraction of sp³-hybridized carbons (Fsp3) is 0.500. The van der Waals surface area contributed by atoms with Crippen molar-refractivity contribution in [3.05, 3.63) is 53.6 Å². The van der Waals surface area contributed by atoms with Crippen molar-refractivity contribution < 1.29 is 0 Å². The van der Waals surface area contributed by atoms with Gasteiger partial charge in [-0.1, -0.05) is 38.1 Å². The van der Waals surface area contributed by atoms with E-state index < -0.39 is 0 Å². The SMILES string of the molecule is CN=C(NCCCC(C)C)NCc1cccc(Cn2ccnc2C)c1. The van der Waals surface area contributed by atoms with Crippen LogP contribution in [0.4, 0.5) is 0 Å². The molecule has 0 bridgehead atoms. The van der Waals surface area contributed by atoms with Gasteiger partial charge in [0.1, 0.15) is 5.82 Å². The van der Waals surface area contributed by atoms with Crippen molar-refractivity contribution in [3.8, 4) is 0 Å². The molecule has 0 saturated heterocycles. The smallest absolute Gasteiger partial charge is 0.191 e. The van der Waals surface area contributed by atoms with Crippen molar-refractivity contribution in [3.63, 3.8) is 0 Å². The van der Waals surface area contributed by atoms with Crippen LogP contribution >= 0.6 is 0 Å². The third-order valence-corrected chi connectivity index (χ3v) is 4.20. The van der Waals surface area contributed by atoms with E-state index in [0.717, 1.165) is 43.8 Å². The van der Waals surface area contributed by atoms with Crippen LogP contribution in [0.3, 0.4) is 0 Å². The van der Waals surface area contributed by atoms with Crippen LogP contribution in [0.15, 0.2) is 41.7 Å². The van der Waals surface area contributed by atoms with Gasteiger partial charge in [-0.2, -0.15) is 0 Å². The quantitative estimate of drug-likeness (QED) is 0.440. The first-order valence-corrected chi connectivity index (χ1v) is 9.08. The van der Waals surface area contributed by atoms with E-state index in [4.69, 9.17) is 0 Å². The topological polar surface area (TPSA) is 54.2 Å². The van der Waals surface area contributed by atoms with Crippen LogP contribution < -0.4 is 10.6 Å². The molecule has 1 aromatic carbocycles. The first kappa shape index (κ1) is 19.0. The average Bonchev–Trinajstić information content (AvgIpc) is 2.99. The van der Waals surface area contributed by atoms with Crippen molar-refractivity contribution in [2.75, 3.05) is 13.6 Å². The molecular weight excluding hydrogens is 310 g/mol. The van der Waals surface area contributed by atoms with Crippen LogP contribution in [0.25, 0.3) is 0 Å². The minimum atomic E-state index is 0.749. The van der Waals surface area contributed by atoms with Gasteiger partial charge in [-0.15, -0.1) is 0 Å². The summed E-state index contributed by atoms with van der Waals surface area (Å²) in [6.07, 6.45) is 6.26. The number of aromatic nitrogens is 2. The van der Waals surface area contributed by atoms with Crippen LogP contribution in [-0.2, 0) is 13.1 Å². The van der Waals surface area contributed by atoms with E-state index in [2.05, 4.69) is 63.3 Å². The second-order valence-corrected chi connectivity index (χ2v) is 6.81. The molecule has 2 aromatic rings. The second-order valence-electron chi connectivity index (χ2n) is 6.81. The maximum absolute atomic E-state index is 4.30. The first-order valence-electron chi connectivity index (χ1n) is 9.08. The van der Waals surface area contributed by atoms with Crippen molar-refractivity contribution in [2.24, 2.45) is 10.9 Å². The summed E-state index contributed by atoms with van der Waals surface area (Å²) >= 11 is 0. The highest BCUT2D eigenvalue weighted by atomic mass is 15.2. The third-order valence-electron chi connectivity index (χ3n) is 4.20. The Morgan fingerprint density at radius 2 is 2.04 bits per heavy atom. The molecule has 5 heteroatoms. The summed E-state index contributed by atoms with van der Waals surface area (Å²) in [4.78, 5) is 8.58. The first-order chi connectivity index (χ1) is 12.1. The molecule has 0 saturated carbocycles. The Morgan fingerprint density at radius 3 is 2.72 bits per heavy atom. The zero-order chi connectivity index (χ0) is 18.1. The number of hydrogen-bond donors (Lipinski definition) is 2. The number of guanidine groups is 1. The van der Waals surface area contributed by atoms with Gasteiger partial charge in [-0.3, -0.25) is 4.99 Å². The van der Waals surface area contributed by atoms with Gasteiger partial charge in [0, 0.05) is 39.1 Å². The van der Waals surface area contributed by atoms with Crippen molar-refractivity contribution >= 4 is 5.96 Å². The number of imidazole rings is 1. The van der Waals surface area contributed by atoms with Crippen molar-refractivity contribution in [1.29, 1.82) is 0 Å². The highest BCUT2D eigenvalue weighted by Crippen LogP contribution is 2.09. The monoisotopic (exact) mass is 341 g/mol. The summed E-state index contributed by atoms with van der Waals surface area (Å²) in [5.41, 5.74) is 2.53. The normalized spacial score (nSPS) is 11.8. The molecule has 2 N–H and O–H groups in total. The van der Waals surface area contributed by atoms with Gasteiger partial charge in [-0.25, -0.2) is 4.98 Å². The van der Waals surface area contributed by atoms with E-state index >= 15 is 0 Å². The van der Waals surface area contributed by atoms with E-state index in [-0.39, 0.29) is 0 Å². The Labute approximate surface area is 151 Å². The third kappa shape index (κ3) is 6.61. The molecule has 0 fully saturated rings. The summed E-state index contributed by atoms with van der Waals surface area (Å²) in [5.74, 6) is 2.65. The Hall–Kier alpha value is -2.30. The fourth-order valence-corrected chi connectivity index (χ4v) is 2.73. The zero-order valence-electron chi connectivity index (χ0n) is 15.9. The number of rotatable bonds is 8. The van der Waals surface area contributed by atoms with Crippen molar-refractivity contribution in [2.45, 2.75) is 46.7 Å². The number of aryl methyl sites for hydroxylation is 1. The van der Waals surface area contributed by atoms with Gasteiger partial charge in [0.2, 0.25) is 0 Å². The van der Waals surface area contributed by atoms with Gasteiger partial charge in [0.15, 0.2) is 5.96 Å². The van der Waals surface area contributed by atoms with E-state index in [1.165, 1.54) is 17.5 Å². The Balaban J connectivity index is 1.83. The lowest BCUT2D eigenvalue weighted by Gasteiger charge is -2.13. The van der Waals surface area contributed by atoms with Crippen LogP contribution in [0.1, 0.15) is 43.6 Å². The zero-order valence-corrected chi connectivity index (χ0v) is 15.9. The minimum Gasteiger partial charge on any atom is -0.356 e. The average molecular weight is 342 g/mol. The molecule has 1 aromatic heterocycles. The van der Waals surface area contributed by atoms with E-state index in [0.29, 0.717) is 0 Å². The molecule has 2 rings (SSSR count). The molecule has 5 nitrogen and oxygen atoms in total. The van der Waals surface area contributed by atoms with Crippen LogP contribution in [-0.4, -0.2) is 29.1 Å². The molecule has 0 atom stereocenters. The molecule has 0 aliphatic rings. The van der Waals surface area contributed by atoms with Gasteiger partial charge >= 0.3 is 0 Å². The van der Waals surface area contributed by atoms with Crippen LogP contribution in [0.5, 0.6) is 0 Å². The molecule has 0 aliphatic carbocycles. The molecule has 0 aliphatic heterocycles. The molecule has 0 radical (unpaired) electrons. The van der Waals surface area contributed by atoms with Crippen LogP contribution in [0.2, 0.25) is 0 Å².